The van der Waals surface area contributed by atoms with Gasteiger partial charge in [0, 0.05) is 0 Å². The van der Waals surface area contributed by atoms with Crippen molar-refractivity contribution in [3.05, 3.63) is 0 Å². The molecule has 0 saturated carbocycles. The third-order valence-electron chi connectivity index (χ3n) is 1.68. The standard InChI is InChI=1S/C5H12BIO2/c1-5(2)7(3,4)9-6-8-5/h1-4H3/q-1. The van der Waals surface area contributed by atoms with E-state index in [0.717, 1.165) is 0 Å². The fourth-order valence-electron chi connectivity index (χ4n) is 0.438. The van der Waals surface area contributed by atoms with Gasteiger partial charge in [-0.2, -0.15) is 0 Å². The van der Waals surface area contributed by atoms with Crippen molar-refractivity contribution in [1.82, 2.24) is 0 Å². The molecule has 1 fully saturated rings. The van der Waals surface area contributed by atoms with E-state index in [1.807, 2.05) is 0 Å². The van der Waals surface area contributed by atoms with E-state index in [4.69, 9.17) is 7.64 Å². The maximum absolute atomic E-state index is 5.39. The van der Waals surface area contributed by atoms with Crippen molar-refractivity contribution in [2.75, 3.05) is 9.86 Å². The molecule has 0 aliphatic carbocycles. The van der Waals surface area contributed by atoms with Crippen LogP contribution in [0.3, 0.4) is 0 Å². The molecule has 1 saturated heterocycles. The molecule has 0 aromatic rings. The van der Waals surface area contributed by atoms with Crippen LogP contribution in [0.1, 0.15) is 13.8 Å². The van der Waals surface area contributed by atoms with Gasteiger partial charge in [0.05, 0.1) is 0 Å². The summed E-state index contributed by atoms with van der Waals surface area (Å²) in [6.07, 6.45) is 0. The first kappa shape index (κ1) is 7.82. The van der Waals surface area contributed by atoms with Crippen molar-refractivity contribution < 1.29 is 26.5 Å². The van der Waals surface area contributed by atoms with Crippen LogP contribution >= 0.6 is 0 Å². The number of alkyl halides is 3. The van der Waals surface area contributed by atoms with Gasteiger partial charge >= 0.3 is 61.5 Å². The summed E-state index contributed by atoms with van der Waals surface area (Å²) < 4.78 is 10.7. The van der Waals surface area contributed by atoms with Gasteiger partial charge in [-0.3, -0.25) is 0 Å². The molecule has 0 spiro atoms. The van der Waals surface area contributed by atoms with Crippen molar-refractivity contribution >= 4 is 7.69 Å². The molecule has 0 aromatic carbocycles. The Bertz CT molecular complexity index is 110. The van der Waals surface area contributed by atoms with Crippen molar-refractivity contribution in [2.45, 2.75) is 17.5 Å². The minimum absolute atomic E-state index is 0.00750. The summed E-state index contributed by atoms with van der Waals surface area (Å²) in [4.78, 5) is 4.38. The van der Waals surface area contributed by atoms with E-state index in [0.29, 0.717) is 0 Å². The van der Waals surface area contributed by atoms with Gasteiger partial charge in [0.1, 0.15) is 0 Å². The van der Waals surface area contributed by atoms with Crippen LogP contribution in [0, 0.1) is 0 Å². The predicted molar refractivity (Wildman–Crippen MR) is 33.9 cm³/mol. The van der Waals surface area contributed by atoms with Gasteiger partial charge < -0.3 is 0 Å². The molecule has 1 aliphatic heterocycles. The van der Waals surface area contributed by atoms with Gasteiger partial charge in [0.2, 0.25) is 0 Å². The molecule has 55 valence electrons. The molecule has 0 N–H and O–H groups in total. The third-order valence-corrected chi connectivity index (χ3v) is 9.67. The van der Waals surface area contributed by atoms with Crippen molar-refractivity contribution in [3.8, 4) is 0 Å². The van der Waals surface area contributed by atoms with E-state index in [-0.39, 0.29) is 3.61 Å². The average molecular weight is 242 g/mol. The van der Waals surface area contributed by atoms with Crippen LogP contribution < -0.4 is 18.8 Å². The fraction of sp³-hybridized carbons (Fsp3) is 1.00. The van der Waals surface area contributed by atoms with Gasteiger partial charge in [-0.1, -0.05) is 0 Å². The van der Waals surface area contributed by atoms with E-state index in [1.165, 1.54) is 7.69 Å². The Balaban J connectivity index is 2.75. The Labute approximate surface area is 61.7 Å². The Morgan fingerprint density at radius 1 is 1.33 bits per heavy atom. The summed E-state index contributed by atoms with van der Waals surface area (Å²) in [7, 11) is 1.50. The summed E-state index contributed by atoms with van der Waals surface area (Å²) in [6, 6.07) is 0. The molecular weight excluding hydrogens is 230 g/mol. The van der Waals surface area contributed by atoms with Crippen LogP contribution in [0.15, 0.2) is 0 Å². The van der Waals surface area contributed by atoms with Gasteiger partial charge in [0.15, 0.2) is 0 Å². The Kier molecular flexibility index (Phi) is 1.82. The van der Waals surface area contributed by atoms with Gasteiger partial charge in [-0.05, 0) is 0 Å². The molecule has 9 heavy (non-hydrogen) atoms. The van der Waals surface area contributed by atoms with Crippen molar-refractivity contribution in [3.63, 3.8) is 0 Å². The first-order chi connectivity index (χ1) is 3.96. The average Bonchev–Trinajstić information content (AvgIpc) is 1.81. The summed E-state index contributed by atoms with van der Waals surface area (Å²) >= 11 is -1.95. The molecule has 1 radical (unpaired) electrons. The molecule has 1 heterocycles. The molecule has 1 rings (SSSR count). The second kappa shape index (κ2) is 2.10. The Morgan fingerprint density at radius 2 is 1.89 bits per heavy atom. The summed E-state index contributed by atoms with van der Waals surface area (Å²) in [5.41, 5.74) is 0. The second-order valence-corrected chi connectivity index (χ2v) is 12.4. The Morgan fingerprint density at radius 3 is 2.00 bits per heavy atom. The number of hydrogen-bond donors (Lipinski definition) is 0. The quantitative estimate of drug-likeness (QED) is 0.269. The van der Waals surface area contributed by atoms with Crippen LogP contribution in [-0.4, -0.2) is 21.2 Å². The Hall–Kier alpha value is 0.715. The summed E-state index contributed by atoms with van der Waals surface area (Å²) in [6.45, 7) is 4.18. The zero-order chi connectivity index (χ0) is 7.12. The van der Waals surface area contributed by atoms with Crippen LogP contribution in [0.2, 0.25) is 0 Å². The van der Waals surface area contributed by atoms with E-state index < -0.39 is 18.8 Å². The number of rotatable bonds is 0. The molecule has 0 bridgehead atoms. The maximum atomic E-state index is 5.39. The molecule has 0 aromatic heterocycles. The SMILES string of the molecule is CC1(C)O[B]O[I-]1(C)C. The zero-order valence-electron chi connectivity index (χ0n) is 6.27. The van der Waals surface area contributed by atoms with Crippen LogP contribution in [0.4, 0.5) is 0 Å². The van der Waals surface area contributed by atoms with Crippen molar-refractivity contribution in [2.24, 2.45) is 0 Å². The van der Waals surface area contributed by atoms with Gasteiger partial charge in [0.25, 0.3) is 0 Å². The van der Waals surface area contributed by atoms with E-state index in [9.17, 15) is 0 Å². The van der Waals surface area contributed by atoms with Crippen molar-refractivity contribution in [1.29, 1.82) is 0 Å². The molecule has 4 heteroatoms. The number of hydrogen-bond acceptors (Lipinski definition) is 2. The molecule has 0 unspecified atom stereocenters. The summed E-state index contributed by atoms with van der Waals surface area (Å²) in [5, 5.41) is 0. The molecule has 0 atom stereocenters. The molecule has 0 amide bonds. The molecular formula is C5H12BIO2-. The molecule has 2 nitrogen and oxygen atoms in total. The predicted octanol–water partition coefficient (Wildman–Crippen LogP) is -2.36. The van der Waals surface area contributed by atoms with Crippen LogP contribution in [0.5, 0.6) is 0 Å². The second-order valence-electron chi connectivity index (χ2n) is 2.81. The first-order valence-corrected chi connectivity index (χ1v) is 9.05. The van der Waals surface area contributed by atoms with Crippen LogP contribution in [-0.2, 0) is 7.64 Å². The minimum atomic E-state index is -1.95. The monoisotopic (exact) mass is 242 g/mol. The van der Waals surface area contributed by atoms with E-state index in [1.54, 1.807) is 0 Å². The fourth-order valence-corrected chi connectivity index (χ4v) is 2.39. The first-order valence-electron chi connectivity index (χ1n) is 2.77. The third kappa shape index (κ3) is 1.25. The van der Waals surface area contributed by atoms with Crippen LogP contribution in [0.25, 0.3) is 0 Å². The van der Waals surface area contributed by atoms with E-state index in [2.05, 4.69) is 23.7 Å². The topological polar surface area (TPSA) is 18.5 Å². The zero-order valence-corrected chi connectivity index (χ0v) is 8.43. The normalized spacial score (nSPS) is 33.3. The van der Waals surface area contributed by atoms with Gasteiger partial charge in [-0.15, -0.1) is 0 Å². The van der Waals surface area contributed by atoms with E-state index >= 15 is 0 Å². The van der Waals surface area contributed by atoms with Gasteiger partial charge in [-0.25, -0.2) is 0 Å². The molecule has 1 aliphatic rings. The summed E-state index contributed by atoms with van der Waals surface area (Å²) in [5.74, 6) is 0. The number of halogens is 1.